The van der Waals surface area contributed by atoms with Gasteiger partial charge in [-0.25, -0.2) is 9.37 Å². The van der Waals surface area contributed by atoms with Gasteiger partial charge in [-0.1, -0.05) is 0 Å². The summed E-state index contributed by atoms with van der Waals surface area (Å²) < 4.78 is 15.2. The molecule has 0 bridgehead atoms. The van der Waals surface area contributed by atoms with Crippen molar-refractivity contribution in [3.8, 4) is 0 Å². The summed E-state index contributed by atoms with van der Waals surface area (Å²) in [6, 6.07) is 2.93. The maximum absolute atomic E-state index is 13.6. The molecule has 5 nitrogen and oxygen atoms in total. The van der Waals surface area contributed by atoms with Crippen LogP contribution in [-0.2, 0) is 0 Å². The third kappa shape index (κ3) is 1.30. The van der Waals surface area contributed by atoms with Gasteiger partial charge in [0.2, 0.25) is 0 Å². The second kappa shape index (κ2) is 3.31. The standard InChI is InChI=1S/C11H9FN4O/c1-13-7-3-9-8(2-6(7)12)15-11(17)10-4-14-5-16(9)10/h2-5,13H,1H3,(H,15,17). The SMILES string of the molecule is CNc1cc2c(cc1F)[nH]c(=O)c1cncn12. The van der Waals surface area contributed by atoms with Crippen molar-refractivity contribution < 1.29 is 4.39 Å². The first-order chi connectivity index (χ1) is 8.20. The Bertz CT molecular complexity index is 774. The highest BCUT2D eigenvalue weighted by atomic mass is 19.1. The van der Waals surface area contributed by atoms with Crippen molar-refractivity contribution >= 4 is 22.2 Å². The monoisotopic (exact) mass is 232 g/mol. The fourth-order valence-electron chi connectivity index (χ4n) is 1.89. The van der Waals surface area contributed by atoms with Crippen LogP contribution >= 0.6 is 0 Å². The molecule has 0 atom stereocenters. The summed E-state index contributed by atoms with van der Waals surface area (Å²) in [5.74, 6) is -0.407. The fourth-order valence-corrected chi connectivity index (χ4v) is 1.89. The van der Waals surface area contributed by atoms with E-state index in [0.717, 1.165) is 0 Å². The molecule has 17 heavy (non-hydrogen) atoms. The Labute approximate surface area is 94.9 Å². The van der Waals surface area contributed by atoms with E-state index in [-0.39, 0.29) is 5.56 Å². The van der Waals surface area contributed by atoms with Gasteiger partial charge in [-0.05, 0) is 6.07 Å². The first-order valence-electron chi connectivity index (χ1n) is 5.06. The molecular weight excluding hydrogens is 223 g/mol. The maximum Gasteiger partial charge on any atom is 0.274 e. The normalized spacial score (nSPS) is 11.2. The number of aromatic nitrogens is 3. The van der Waals surface area contributed by atoms with Crippen molar-refractivity contribution in [1.29, 1.82) is 0 Å². The molecule has 0 aliphatic carbocycles. The Morgan fingerprint density at radius 2 is 2.24 bits per heavy atom. The first-order valence-corrected chi connectivity index (χ1v) is 5.06. The van der Waals surface area contributed by atoms with Crippen LogP contribution in [0.4, 0.5) is 10.1 Å². The van der Waals surface area contributed by atoms with Crippen molar-refractivity contribution in [3.05, 3.63) is 40.8 Å². The number of H-pyrrole nitrogens is 1. The minimum Gasteiger partial charge on any atom is -0.386 e. The van der Waals surface area contributed by atoms with E-state index in [0.29, 0.717) is 22.2 Å². The predicted molar refractivity (Wildman–Crippen MR) is 62.8 cm³/mol. The molecule has 0 radical (unpaired) electrons. The van der Waals surface area contributed by atoms with Crippen LogP contribution in [0.5, 0.6) is 0 Å². The lowest BCUT2D eigenvalue weighted by Crippen LogP contribution is -2.10. The number of halogens is 1. The summed E-state index contributed by atoms with van der Waals surface area (Å²) >= 11 is 0. The van der Waals surface area contributed by atoms with Gasteiger partial charge < -0.3 is 10.3 Å². The number of anilines is 1. The maximum atomic E-state index is 13.6. The zero-order chi connectivity index (χ0) is 12.0. The van der Waals surface area contributed by atoms with E-state index in [9.17, 15) is 9.18 Å². The smallest absolute Gasteiger partial charge is 0.274 e. The van der Waals surface area contributed by atoms with Gasteiger partial charge in [-0.3, -0.25) is 9.20 Å². The van der Waals surface area contributed by atoms with E-state index in [1.165, 1.54) is 18.6 Å². The van der Waals surface area contributed by atoms with Crippen LogP contribution < -0.4 is 10.9 Å². The molecule has 3 aromatic rings. The predicted octanol–water partition coefficient (Wildman–Crippen LogP) is 1.36. The Morgan fingerprint density at radius 3 is 3.00 bits per heavy atom. The Hall–Kier alpha value is -2.37. The Kier molecular flexibility index (Phi) is 1.91. The second-order valence-corrected chi connectivity index (χ2v) is 3.70. The van der Waals surface area contributed by atoms with E-state index in [1.807, 2.05) is 0 Å². The summed E-state index contributed by atoms with van der Waals surface area (Å²) in [4.78, 5) is 18.2. The lowest BCUT2D eigenvalue weighted by Gasteiger charge is -2.06. The zero-order valence-electron chi connectivity index (χ0n) is 8.99. The first kappa shape index (κ1) is 9.83. The lowest BCUT2D eigenvalue weighted by atomic mass is 10.2. The van der Waals surface area contributed by atoms with Crippen LogP contribution in [0.2, 0.25) is 0 Å². The molecule has 6 heteroatoms. The van der Waals surface area contributed by atoms with E-state index >= 15 is 0 Å². The molecule has 0 unspecified atom stereocenters. The molecule has 0 amide bonds. The van der Waals surface area contributed by atoms with Gasteiger partial charge in [-0.15, -0.1) is 0 Å². The summed E-state index contributed by atoms with van der Waals surface area (Å²) in [5.41, 5.74) is 1.66. The molecule has 3 rings (SSSR count). The Balaban J connectivity index is 2.56. The zero-order valence-corrected chi connectivity index (χ0v) is 8.99. The van der Waals surface area contributed by atoms with Crippen molar-refractivity contribution in [2.75, 3.05) is 12.4 Å². The fraction of sp³-hybridized carbons (Fsp3) is 0.0909. The molecule has 0 fully saturated rings. The van der Waals surface area contributed by atoms with E-state index in [1.54, 1.807) is 17.5 Å². The molecule has 0 aliphatic rings. The van der Waals surface area contributed by atoms with Crippen molar-refractivity contribution in [3.63, 3.8) is 0 Å². The molecule has 0 aliphatic heterocycles. The molecule has 2 N–H and O–H groups in total. The number of fused-ring (bicyclic) bond motifs is 3. The highest BCUT2D eigenvalue weighted by Gasteiger charge is 2.08. The average molecular weight is 232 g/mol. The van der Waals surface area contributed by atoms with Crippen LogP contribution in [0, 0.1) is 5.82 Å². The molecule has 2 aromatic heterocycles. The number of aromatic amines is 1. The number of hydrogen-bond donors (Lipinski definition) is 2. The van der Waals surface area contributed by atoms with Crippen LogP contribution in [-0.4, -0.2) is 21.4 Å². The van der Waals surface area contributed by atoms with E-state index in [4.69, 9.17) is 0 Å². The van der Waals surface area contributed by atoms with Crippen molar-refractivity contribution in [1.82, 2.24) is 14.4 Å². The summed E-state index contributed by atoms with van der Waals surface area (Å²) in [7, 11) is 1.64. The van der Waals surface area contributed by atoms with Crippen LogP contribution in [0.25, 0.3) is 16.6 Å². The lowest BCUT2D eigenvalue weighted by molar-refractivity contribution is 0.632. The summed E-state index contributed by atoms with van der Waals surface area (Å²) in [5, 5.41) is 2.76. The number of nitrogens with one attached hydrogen (secondary N) is 2. The van der Waals surface area contributed by atoms with Gasteiger partial charge in [-0.2, -0.15) is 0 Å². The van der Waals surface area contributed by atoms with Crippen LogP contribution in [0.15, 0.2) is 29.5 Å². The topological polar surface area (TPSA) is 62.2 Å². The van der Waals surface area contributed by atoms with Gasteiger partial charge in [0.05, 0.1) is 29.2 Å². The minimum absolute atomic E-state index is 0.286. The van der Waals surface area contributed by atoms with Crippen LogP contribution in [0.1, 0.15) is 0 Å². The largest absolute Gasteiger partial charge is 0.386 e. The number of nitrogens with zero attached hydrogens (tertiary/aromatic N) is 2. The molecule has 0 saturated carbocycles. The number of hydrogen-bond acceptors (Lipinski definition) is 3. The number of benzene rings is 1. The third-order valence-corrected chi connectivity index (χ3v) is 2.73. The highest BCUT2D eigenvalue weighted by molar-refractivity contribution is 5.81. The molecule has 2 heterocycles. The average Bonchev–Trinajstić information content (AvgIpc) is 2.78. The van der Waals surface area contributed by atoms with Crippen LogP contribution in [0.3, 0.4) is 0 Å². The molecule has 0 spiro atoms. The summed E-state index contributed by atoms with van der Waals surface area (Å²) in [6.07, 6.45) is 3.00. The third-order valence-electron chi connectivity index (χ3n) is 2.73. The van der Waals surface area contributed by atoms with Gasteiger partial charge in [0.15, 0.2) is 0 Å². The van der Waals surface area contributed by atoms with Gasteiger partial charge in [0.1, 0.15) is 11.3 Å². The van der Waals surface area contributed by atoms with Crippen molar-refractivity contribution in [2.45, 2.75) is 0 Å². The quantitative estimate of drug-likeness (QED) is 0.665. The minimum atomic E-state index is -0.407. The van der Waals surface area contributed by atoms with E-state index < -0.39 is 5.82 Å². The summed E-state index contributed by atoms with van der Waals surface area (Å²) in [6.45, 7) is 0. The molecule has 1 aromatic carbocycles. The molecule has 0 saturated heterocycles. The van der Waals surface area contributed by atoms with E-state index in [2.05, 4.69) is 15.3 Å². The van der Waals surface area contributed by atoms with Gasteiger partial charge in [0.25, 0.3) is 5.56 Å². The second-order valence-electron chi connectivity index (χ2n) is 3.70. The van der Waals surface area contributed by atoms with Gasteiger partial charge in [0, 0.05) is 13.1 Å². The Morgan fingerprint density at radius 1 is 1.41 bits per heavy atom. The number of rotatable bonds is 1. The van der Waals surface area contributed by atoms with Crippen molar-refractivity contribution in [2.24, 2.45) is 0 Å². The molecular formula is C11H9FN4O. The molecule has 86 valence electrons. The highest BCUT2D eigenvalue weighted by Crippen LogP contribution is 2.20. The van der Waals surface area contributed by atoms with Gasteiger partial charge >= 0.3 is 0 Å². The number of imidazole rings is 1.